The van der Waals surface area contributed by atoms with Crippen LogP contribution in [-0.2, 0) is 11.2 Å². The van der Waals surface area contributed by atoms with Crippen LogP contribution in [0.15, 0.2) is 66.7 Å². The molecule has 3 aromatic rings. The van der Waals surface area contributed by atoms with Crippen molar-refractivity contribution in [2.75, 3.05) is 31.7 Å². The smallest absolute Gasteiger partial charge is 0.303 e. The van der Waals surface area contributed by atoms with E-state index in [2.05, 4.69) is 35.2 Å². The number of aliphatic carboxylic acids is 1. The van der Waals surface area contributed by atoms with Gasteiger partial charge in [-0.05, 0) is 84.4 Å². The van der Waals surface area contributed by atoms with Gasteiger partial charge in [-0.15, -0.1) is 0 Å². The molecule has 0 radical (unpaired) electrons. The Morgan fingerprint density at radius 3 is 2.42 bits per heavy atom. The highest BCUT2D eigenvalue weighted by Gasteiger charge is 2.34. The van der Waals surface area contributed by atoms with Crippen LogP contribution in [0.2, 0.25) is 0 Å². The first kappa shape index (κ1) is 29.4. The van der Waals surface area contributed by atoms with Gasteiger partial charge in [0, 0.05) is 30.4 Å². The standard InChI is InChI=1S/C33H36N2O4.H2S/c1-38-28-11-12-30(25-7-5-23(6-8-25)13-16-34)32(20-28)35-17-14-24(15-18-35)22-39-29-4-2-3-27(19-29)31(21-33(36)37)26-9-10-26;/h2-8,11-12,19-20,24,26,31H,9-10,13-15,17-18,21-22H2,1H3,(H,36,37);1H2/t31-;/m0./s1. The largest absolute Gasteiger partial charge is 0.497 e. The summed E-state index contributed by atoms with van der Waals surface area (Å²) in [5.74, 6) is 1.96. The van der Waals surface area contributed by atoms with Crippen LogP contribution < -0.4 is 14.4 Å². The molecule has 1 N–H and O–H groups in total. The molecular weight excluding hydrogens is 520 g/mol. The highest BCUT2D eigenvalue weighted by Crippen LogP contribution is 2.45. The van der Waals surface area contributed by atoms with E-state index in [9.17, 15) is 9.90 Å². The minimum absolute atomic E-state index is 0. The van der Waals surface area contributed by atoms with Gasteiger partial charge >= 0.3 is 5.97 Å². The zero-order valence-corrected chi connectivity index (χ0v) is 24.0. The molecule has 210 valence electrons. The summed E-state index contributed by atoms with van der Waals surface area (Å²) in [5.41, 5.74) is 5.56. The number of methoxy groups -OCH3 is 1. The third-order valence-electron chi connectivity index (χ3n) is 8.07. The quantitative estimate of drug-likeness (QED) is 0.279. The molecule has 1 aliphatic carbocycles. The first-order valence-corrected chi connectivity index (χ1v) is 13.9. The molecule has 3 aromatic carbocycles. The first-order chi connectivity index (χ1) is 19.0. The Labute approximate surface area is 244 Å². The summed E-state index contributed by atoms with van der Waals surface area (Å²) >= 11 is 0. The van der Waals surface area contributed by atoms with Gasteiger partial charge in [0.1, 0.15) is 11.5 Å². The van der Waals surface area contributed by atoms with Crippen molar-refractivity contribution in [1.29, 1.82) is 5.26 Å². The molecule has 0 spiro atoms. The van der Waals surface area contributed by atoms with Crippen LogP contribution in [0.4, 0.5) is 5.69 Å². The lowest BCUT2D eigenvalue weighted by atomic mass is 9.91. The molecule has 6 nitrogen and oxygen atoms in total. The fourth-order valence-corrected chi connectivity index (χ4v) is 5.67. The number of anilines is 1. The van der Waals surface area contributed by atoms with E-state index in [0.29, 0.717) is 24.9 Å². The summed E-state index contributed by atoms with van der Waals surface area (Å²) in [6.07, 6.45) is 4.89. The van der Waals surface area contributed by atoms with Gasteiger partial charge in [-0.1, -0.05) is 36.4 Å². The molecule has 1 saturated carbocycles. The maximum Gasteiger partial charge on any atom is 0.303 e. The van der Waals surface area contributed by atoms with Crippen LogP contribution in [0, 0.1) is 23.2 Å². The Morgan fingerprint density at radius 2 is 1.77 bits per heavy atom. The average molecular weight is 559 g/mol. The van der Waals surface area contributed by atoms with Crippen LogP contribution in [-0.4, -0.2) is 37.9 Å². The number of carboxylic acid groups (broad SMARTS) is 1. The van der Waals surface area contributed by atoms with E-state index in [4.69, 9.17) is 14.7 Å². The molecule has 40 heavy (non-hydrogen) atoms. The van der Waals surface area contributed by atoms with Crippen LogP contribution in [0.1, 0.15) is 49.1 Å². The van der Waals surface area contributed by atoms with E-state index in [0.717, 1.165) is 72.5 Å². The summed E-state index contributed by atoms with van der Waals surface area (Å²) in [6.45, 7) is 2.53. The second-order valence-corrected chi connectivity index (χ2v) is 10.8. The molecule has 0 bridgehead atoms. The van der Waals surface area contributed by atoms with Crippen molar-refractivity contribution < 1.29 is 19.4 Å². The second-order valence-electron chi connectivity index (χ2n) is 10.8. The fourth-order valence-electron chi connectivity index (χ4n) is 5.67. The van der Waals surface area contributed by atoms with Gasteiger partial charge in [0.2, 0.25) is 0 Å². The first-order valence-electron chi connectivity index (χ1n) is 13.9. The zero-order chi connectivity index (χ0) is 27.2. The maximum atomic E-state index is 11.4. The zero-order valence-electron chi connectivity index (χ0n) is 23.0. The van der Waals surface area contributed by atoms with E-state index < -0.39 is 5.97 Å². The molecule has 7 heteroatoms. The van der Waals surface area contributed by atoms with Crippen molar-refractivity contribution in [1.82, 2.24) is 0 Å². The van der Waals surface area contributed by atoms with Gasteiger partial charge in [-0.25, -0.2) is 0 Å². The van der Waals surface area contributed by atoms with Crippen LogP contribution >= 0.6 is 13.5 Å². The predicted molar refractivity (Wildman–Crippen MR) is 163 cm³/mol. The lowest BCUT2D eigenvalue weighted by Crippen LogP contribution is -2.35. The molecule has 2 fully saturated rings. The molecule has 1 heterocycles. The topological polar surface area (TPSA) is 82.8 Å². The van der Waals surface area contributed by atoms with E-state index in [1.165, 1.54) is 5.69 Å². The minimum Gasteiger partial charge on any atom is -0.497 e. The number of nitriles is 1. The highest BCUT2D eigenvalue weighted by atomic mass is 32.1. The summed E-state index contributed by atoms with van der Waals surface area (Å²) in [7, 11) is 1.70. The minimum atomic E-state index is -0.736. The van der Waals surface area contributed by atoms with Crippen molar-refractivity contribution in [3.63, 3.8) is 0 Å². The van der Waals surface area contributed by atoms with Crippen molar-refractivity contribution in [3.8, 4) is 28.7 Å². The Hall–Kier alpha value is -3.63. The molecule has 0 amide bonds. The molecule has 5 rings (SSSR count). The lowest BCUT2D eigenvalue weighted by molar-refractivity contribution is -0.137. The van der Waals surface area contributed by atoms with Crippen LogP contribution in [0.5, 0.6) is 11.5 Å². The number of hydrogen-bond donors (Lipinski definition) is 1. The van der Waals surface area contributed by atoms with Gasteiger partial charge in [0.05, 0.1) is 32.6 Å². The van der Waals surface area contributed by atoms with Crippen LogP contribution in [0.25, 0.3) is 11.1 Å². The molecule has 1 aliphatic heterocycles. The van der Waals surface area contributed by atoms with Gasteiger partial charge < -0.3 is 19.5 Å². The van der Waals surface area contributed by atoms with Crippen LogP contribution in [0.3, 0.4) is 0 Å². The van der Waals surface area contributed by atoms with E-state index in [-0.39, 0.29) is 25.8 Å². The van der Waals surface area contributed by atoms with E-state index in [1.54, 1.807) is 7.11 Å². The number of nitrogens with zero attached hydrogens (tertiary/aromatic N) is 2. The summed E-state index contributed by atoms with van der Waals surface area (Å²) in [4.78, 5) is 13.8. The number of ether oxygens (including phenoxy) is 2. The van der Waals surface area contributed by atoms with Gasteiger partial charge in [0.25, 0.3) is 0 Å². The van der Waals surface area contributed by atoms with E-state index in [1.807, 2.05) is 42.5 Å². The molecule has 0 unspecified atom stereocenters. The normalized spacial score (nSPS) is 15.9. The number of carboxylic acids is 1. The molecule has 1 saturated heterocycles. The Balaban J connectivity index is 0.00000370. The number of carbonyl (C=O) groups is 1. The summed E-state index contributed by atoms with van der Waals surface area (Å²) < 4.78 is 11.8. The number of hydrogen-bond acceptors (Lipinski definition) is 5. The Bertz CT molecular complexity index is 1330. The molecule has 1 atom stereocenters. The molecular formula is C33H38N2O4S. The number of rotatable bonds is 11. The Morgan fingerprint density at radius 1 is 1.02 bits per heavy atom. The monoisotopic (exact) mass is 558 g/mol. The molecule has 0 aromatic heterocycles. The lowest BCUT2D eigenvalue weighted by Gasteiger charge is -2.35. The average Bonchev–Trinajstić information content (AvgIpc) is 3.81. The predicted octanol–water partition coefficient (Wildman–Crippen LogP) is 6.80. The van der Waals surface area contributed by atoms with Gasteiger partial charge in [-0.2, -0.15) is 18.8 Å². The maximum absolute atomic E-state index is 11.4. The number of benzene rings is 3. The fraction of sp³-hybridized carbons (Fsp3) is 0.394. The third-order valence-corrected chi connectivity index (χ3v) is 8.07. The second kappa shape index (κ2) is 13.6. The third kappa shape index (κ3) is 7.31. The van der Waals surface area contributed by atoms with Crippen molar-refractivity contribution >= 4 is 25.2 Å². The van der Waals surface area contributed by atoms with Gasteiger partial charge in [0.15, 0.2) is 0 Å². The molecule has 2 aliphatic rings. The summed E-state index contributed by atoms with van der Waals surface area (Å²) in [5, 5.41) is 18.3. The summed E-state index contributed by atoms with van der Waals surface area (Å²) in [6, 6.07) is 24.8. The van der Waals surface area contributed by atoms with Crippen molar-refractivity contribution in [2.24, 2.45) is 11.8 Å². The van der Waals surface area contributed by atoms with Crippen molar-refractivity contribution in [3.05, 3.63) is 77.9 Å². The highest BCUT2D eigenvalue weighted by molar-refractivity contribution is 7.59. The Kier molecular flexibility index (Phi) is 10.0. The van der Waals surface area contributed by atoms with Crippen molar-refractivity contribution in [2.45, 2.75) is 44.4 Å². The SMILES string of the molecule is COc1ccc(-c2ccc(CC#N)cc2)c(N2CCC(COc3cccc([C@@H](CC(=O)O)C4CC4)c3)CC2)c1.S. The van der Waals surface area contributed by atoms with Gasteiger partial charge in [-0.3, -0.25) is 4.79 Å². The number of piperidine rings is 1. The van der Waals surface area contributed by atoms with E-state index >= 15 is 0 Å².